The Morgan fingerprint density at radius 2 is 1.74 bits per heavy atom. The van der Waals surface area contributed by atoms with Crippen molar-refractivity contribution in [2.75, 3.05) is 5.32 Å². The highest BCUT2D eigenvalue weighted by Gasteiger charge is 2.14. The van der Waals surface area contributed by atoms with Crippen molar-refractivity contribution < 1.29 is 13.2 Å². The highest BCUT2D eigenvalue weighted by Crippen LogP contribution is 2.22. The van der Waals surface area contributed by atoms with Gasteiger partial charge in [0.15, 0.2) is 0 Å². The normalized spacial score (nSPS) is 11.6. The lowest BCUT2D eigenvalue weighted by atomic mass is 10.1. The third-order valence-electron chi connectivity index (χ3n) is 3.58. The maximum atomic E-state index is 12.5. The van der Waals surface area contributed by atoms with Crippen molar-refractivity contribution in [3.8, 4) is 0 Å². The van der Waals surface area contributed by atoms with E-state index in [0.717, 1.165) is 10.9 Å². The van der Waals surface area contributed by atoms with Crippen LogP contribution in [0.2, 0.25) is 0 Å². The standard InChI is InChI=1S/C16H15N3O3S/c1-19-10-14(13-4-2-3-5-15(13)19)16(20)18-11-6-8-12(9-7-11)23(17,21)22/h2-10H,1H3,(H,18,20)(H2,17,21,22). The minimum atomic E-state index is -3.74. The summed E-state index contributed by atoms with van der Waals surface area (Å²) in [5.41, 5.74) is 2.01. The number of benzene rings is 2. The van der Waals surface area contributed by atoms with E-state index >= 15 is 0 Å². The highest BCUT2D eigenvalue weighted by atomic mass is 32.2. The van der Waals surface area contributed by atoms with Gasteiger partial charge in [-0.1, -0.05) is 18.2 Å². The number of fused-ring (bicyclic) bond motifs is 1. The third kappa shape index (κ3) is 2.96. The lowest BCUT2D eigenvalue weighted by Gasteiger charge is -2.05. The zero-order valence-electron chi connectivity index (χ0n) is 12.4. The number of nitrogens with two attached hydrogens (primary N) is 1. The quantitative estimate of drug-likeness (QED) is 0.770. The number of anilines is 1. The second kappa shape index (κ2) is 5.53. The molecule has 0 aliphatic carbocycles. The fourth-order valence-corrected chi connectivity index (χ4v) is 2.96. The number of sulfonamides is 1. The van der Waals surface area contributed by atoms with E-state index in [2.05, 4.69) is 5.32 Å². The van der Waals surface area contributed by atoms with Gasteiger partial charge in [0, 0.05) is 29.8 Å². The summed E-state index contributed by atoms with van der Waals surface area (Å²) in [4.78, 5) is 12.5. The van der Waals surface area contributed by atoms with Gasteiger partial charge in [0.25, 0.3) is 5.91 Å². The van der Waals surface area contributed by atoms with E-state index in [4.69, 9.17) is 5.14 Å². The van der Waals surface area contributed by atoms with Crippen LogP contribution in [-0.2, 0) is 17.1 Å². The summed E-state index contributed by atoms with van der Waals surface area (Å²) < 4.78 is 24.3. The fourth-order valence-electron chi connectivity index (χ4n) is 2.45. The molecule has 118 valence electrons. The topological polar surface area (TPSA) is 94.2 Å². The lowest BCUT2D eigenvalue weighted by molar-refractivity contribution is 0.102. The summed E-state index contributed by atoms with van der Waals surface area (Å²) in [5.74, 6) is -0.259. The van der Waals surface area contributed by atoms with E-state index in [1.165, 1.54) is 24.3 Å². The zero-order chi connectivity index (χ0) is 16.6. The van der Waals surface area contributed by atoms with E-state index in [1.807, 2.05) is 35.9 Å². The molecule has 0 bridgehead atoms. The van der Waals surface area contributed by atoms with Crippen LogP contribution in [0.4, 0.5) is 5.69 Å². The number of nitrogens with one attached hydrogen (secondary N) is 1. The van der Waals surface area contributed by atoms with E-state index in [9.17, 15) is 13.2 Å². The molecule has 0 fully saturated rings. The van der Waals surface area contributed by atoms with Crippen LogP contribution in [-0.4, -0.2) is 18.9 Å². The first-order chi connectivity index (χ1) is 10.9. The maximum absolute atomic E-state index is 12.5. The van der Waals surface area contributed by atoms with Crippen LogP contribution in [0, 0.1) is 0 Å². The number of nitrogens with zero attached hydrogens (tertiary/aromatic N) is 1. The summed E-state index contributed by atoms with van der Waals surface area (Å²) in [6.07, 6.45) is 1.76. The van der Waals surface area contributed by atoms with Crippen LogP contribution in [0.5, 0.6) is 0 Å². The fraction of sp³-hybridized carbons (Fsp3) is 0.0625. The van der Waals surface area contributed by atoms with E-state index in [1.54, 1.807) is 6.20 Å². The zero-order valence-corrected chi connectivity index (χ0v) is 13.2. The van der Waals surface area contributed by atoms with Gasteiger partial charge in [0.05, 0.1) is 10.5 Å². The molecule has 7 heteroatoms. The van der Waals surface area contributed by atoms with Gasteiger partial charge in [-0.05, 0) is 30.3 Å². The lowest BCUT2D eigenvalue weighted by Crippen LogP contribution is -2.13. The third-order valence-corrected chi connectivity index (χ3v) is 4.51. The molecule has 0 spiro atoms. The first kappa shape index (κ1) is 15.3. The summed E-state index contributed by atoms with van der Waals surface area (Å²) >= 11 is 0. The number of carbonyl (C=O) groups is 1. The van der Waals surface area contributed by atoms with Gasteiger partial charge in [-0.25, -0.2) is 13.6 Å². The first-order valence-corrected chi connectivity index (χ1v) is 8.39. The maximum Gasteiger partial charge on any atom is 0.257 e. The number of para-hydroxylation sites is 1. The summed E-state index contributed by atoms with van der Waals surface area (Å²) in [5, 5.41) is 8.66. The van der Waals surface area contributed by atoms with Crippen molar-refractivity contribution in [2.45, 2.75) is 4.90 Å². The number of hydrogen-bond donors (Lipinski definition) is 2. The smallest absolute Gasteiger partial charge is 0.257 e. The Morgan fingerprint density at radius 3 is 2.39 bits per heavy atom. The minimum absolute atomic E-state index is 0.000611. The summed E-state index contributed by atoms with van der Waals surface area (Å²) in [6, 6.07) is 13.3. The van der Waals surface area contributed by atoms with Crippen molar-refractivity contribution in [2.24, 2.45) is 12.2 Å². The molecule has 23 heavy (non-hydrogen) atoms. The molecule has 3 aromatic rings. The largest absolute Gasteiger partial charge is 0.350 e. The van der Waals surface area contributed by atoms with Crippen LogP contribution >= 0.6 is 0 Å². The Labute approximate surface area is 133 Å². The molecule has 2 aromatic carbocycles. The van der Waals surface area contributed by atoms with Gasteiger partial charge in [-0.2, -0.15) is 0 Å². The predicted octanol–water partition coefficient (Wildman–Crippen LogP) is 2.08. The van der Waals surface area contributed by atoms with Crippen molar-refractivity contribution in [3.05, 3.63) is 60.3 Å². The molecule has 0 unspecified atom stereocenters. The number of amides is 1. The van der Waals surface area contributed by atoms with Crippen LogP contribution in [0.3, 0.4) is 0 Å². The molecule has 1 aromatic heterocycles. The van der Waals surface area contributed by atoms with E-state index in [0.29, 0.717) is 11.3 Å². The molecule has 6 nitrogen and oxygen atoms in total. The molecule has 0 aliphatic rings. The van der Waals surface area contributed by atoms with Gasteiger partial charge in [0.2, 0.25) is 10.0 Å². The molecule has 0 saturated heterocycles. The monoisotopic (exact) mass is 329 g/mol. The predicted molar refractivity (Wildman–Crippen MR) is 88.7 cm³/mol. The Kier molecular flexibility index (Phi) is 3.67. The molecule has 0 radical (unpaired) electrons. The van der Waals surface area contributed by atoms with Crippen molar-refractivity contribution in [3.63, 3.8) is 0 Å². The molecule has 0 atom stereocenters. The Balaban J connectivity index is 1.89. The number of rotatable bonds is 3. The van der Waals surface area contributed by atoms with Crippen LogP contribution in [0.25, 0.3) is 10.9 Å². The van der Waals surface area contributed by atoms with E-state index < -0.39 is 10.0 Å². The highest BCUT2D eigenvalue weighted by molar-refractivity contribution is 7.89. The average Bonchev–Trinajstić information content (AvgIpc) is 2.85. The first-order valence-electron chi connectivity index (χ1n) is 6.84. The SMILES string of the molecule is Cn1cc(C(=O)Nc2ccc(S(N)(=O)=O)cc2)c2ccccc21. The second-order valence-corrected chi connectivity index (χ2v) is 6.76. The van der Waals surface area contributed by atoms with E-state index in [-0.39, 0.29) is 10.8 Å². The Bertz CT molecular complexity index is 989. The molecule has 0 aliphatic heterocycles. The molecule has 1 heterocycles. The van der Waals surface area contributed by atoms with Gasteiger partial charge in [-0.15, -0.1) is 0 Å². The number of aromatic nitrogens is 1. The molecule has 0 saturated carbocycles. The second-order valence-electron chi connectivity index (χ2n) is 5.19. The molecular formula is C16H15N3O3S. The van der Waals surface area contributed by atoms with Gasteiger partial charge in [0.1, 0.15) is 0 Å². The summed E-state index contributed by atoms with van der Waals surface area (Å²) in [7, 11) is -1.87. The number of hydrogen-bond acceptors (Lipinski definition) is 3. The van der Waals surface area contributed by atoms with Crippen molar-refractivity contribution in [1.82, 2.24) is 4.57 Å². The van der Waals surface area contributed by atoms with Crippen LogP contribution < -0.4 is 10.5 Å². The average molecular weight is 329 g/mol. The van der Waals surface area contributed by atoms with Gasteiger partial charge in [-0.3, -0.25) is 4.79 Å². The number of aryl methyl sites for hydroxylation is 1. The van der Waals surface area contributed by atoms with Crippen LogP contribution in [0.15, 0.2) is 59.6 Å². The Morgan fingerprint density at radius 1 is 1.09 bits per heavy atom. The van der Waals surface area contributed by atoms with Gasteiger partial charge >= 0.3 is 0 Å². The van der Waals surface area contributed by atoms with Gasteiger partial charge < -0.3 is 9.88 Å². The summed E-state index contributed by atoms with van der Waals surface area (Å²) in [6.45, 7) is 0. The minimum Gasteiger partial charge on any atom is -0.350 e. The molecule has 3 N–H and O–H groups in total. The molecule has 3 rings (SSSR count). The Hall–Kier alpha value is -2.64. The number of carbonyl (C=O) groups excluding carboxylic acids is 1. The van der Waals surface area contributed by atoms with Crippen molar-refractivity contribution in [1.29, 1.82) is 0 Å². The van der Waals surface area contributed by atoms with Crippen molar-refractivity contribution >= 4 is 32.5 Å². The van der Waals surface area contributed by atoms with Crippen LogP contribution in [0.1, 0.15) is 10.4 Å². The molecular weight excluding hydrogens is 314 g/mol. The number of primary sulfonamides is 1. The molecule has 1 amide bonds.